The van der Waals surface area contributed by atoms with Crippen molar-refractivity contribution in [3.05, 3.63) is 58.9 Å². The van der Waals surface area contributed by atoms with Crippen LogP contribution in [0.25, 0.3) is 11.0 Å². The number of esters is 1. The molecule has 6 nitrogen and oxygen atoms in total. The van der Waals surface area contributed by atoms with Gasteiger partial charge in [0, 0.05) is 13.5 Å². The number of cyclic esters (lactones) is 1. The minimum atomic E-state index is -0.987. The Bertz CT molecular complexity index is 1270. The largest absolute Gasteiger partial charge is 0.489 e. The minimum Gasteiger partial charge on any atom is -0.489 e. The first-order valence-corrected chi connectivity index (χ1v) is 13.3. The number of nitrogens with zero attached hydrogens (tertiary/aromatic N) is 2. The fourth-order valence-corrected chi connectivity index (χ4v) is 6.17. The molecule has 1 saturated heterocycles. The van der Waals surface area contributed by atoms with Gasteiger partial charge in [-0.2, -0.15) is 0 Å². The molecule has 1 aromatic heterocycles. The zero-order valence-electron chi connectivity index (χ0n) is 21.1. The second-order valence-corrected chi connectivity index (χ2v) is 10.9. The highest BCUT2D eigenvalue weighted by Gasteiger charge is 2.52. The second kappa shape index (κ2) is 9.89. The first kappa shape index (κ1) is 24.8. The molecule has 1 aliphatic heterocycles. The molecule has 0 amide bonds. The summed E-state index contributed by atoms with van der Waals surface area (Å²) >= 11 is 6.46. The number of rotatable bonds is 7. The molecular formula is C29H33ClN2O4. The van der Waals surface area contributed by atoms with E-state index in [9.17, 15) is 9.59 Å². The van der Waals surface area contributed by atoms with Crippen molar-refractivity contribution in [3.8, 4) is 5.75 Å². The molecule has 0 radical (unpaired) electrons. The summed E-state index contributed by atoms with van der Waals surface area (Å²) < 4.78 is 13.9. The number of para-hydroxylation sites is 2. The third kappa shape index (κ3) is 4.63. The summed E-state index contributed by atoms with van der Waals surface area (Å²) in [6.07, 6.45) is 5.65. The summed E-state index contributed by atoms with van der Waals surface area (Å²) in [5, 5.41) is 0.565. The minimum absolute atomic E-state index is 0.0379. The van der Waals surface area contributed by atoms with E-state index >= 15 is 0 Å². The summed E-state index contributed by atoms with van der Waals surface area (Å²) in [5.41, 5.74) is 1.91. The van der Waals surface area contributed by atoms with Crippen molar-refractivity contribution in [1.29, 1.82) is 0 Å². The SMILES string of the molecule is CC(C)Oc1ccc(CCC2(C3CCCC3)CC(=O)C(c3nc4ccccc4n3C)C(=O)O2)cc1Cl. The van der Waals surface area contributed by atoms with E-state index in [1.807, 2.05) is 67.9 Å². The molecule has 1 saturated carbocycles. The van der Waals surface area contributed by atoms with Crippen LogP contribution in [0.15, 0.2) is 42.5 Å². The summed E-state index contributed by atoms with van der Waals surface area (Å²) in [6.45, 7) is 3.93. The first-order chi connectivity index (χ1) is 17.3. The zero-order chi connectivity index (χ0) is 25.4. The molecule has 0 bridgehead atoms. The Morgan fingerprint density at radius 2 is 1.92 bits per heavy atom. The number of ether oxygens (including phenoxy) is 2. The number of halogens is 1. The van der Waals surface area contributed by atoms with Crippen LogP contribution in [0.2, 0.25) is 5.02 Å². The molecule has 1 aliphatic carbocycles. The molecule has 2 fully saturated rings. The van der Waals surface area contributed by atoms with E-state index in [4.69, 9.17) is 21.1 Å². The van der Waals surface area contributed by atoms with Crippen LogP contribution in [-0.2, 0) is 27.8 Å². The molecule has 3 aromatic rings. The topological polar surface area (TPSA) is 70.4 Å². The van der Waals surface area contributed by atoms with Gasteiger partial charge in [0.25, 0.3) is 0 Å². The molecule has 2 aliphatic rings. The van der Waals surface area contributed by atoms with Crippen LogP contribution in [0.5, 0.6) is 5.75 Å². The number of hydrogen-bond donors (Lipinski definition) is 0. The number of benzene rings is 2. The molecule has 2 aromatic carbocycles. The highest BCUT2D eigenvalue weighted by molar-refractivity contribution is 6.32. The predicted molar refractivity (Wildman–Crippen MR) is 139 cm³/mol. The van der Waals surface area contributed by atoms with Crippen molar-refractivity contribution < 1.29 is 19.1 Å². The molecule has 5 rings (SSSR count). The van der Waals surface area contributed by atoms with E-state index in [0.29, 0.717) is 29.4 Å². The Hall–Kier alpha value is -2.86. The lowest BCUT2D eigenvalue weighted by molar-refractivity contribution is -0.181. The van der Waals surface area contributed by atoms with Gasteiger partial charge in [0.05, 0.1) is 22.2 Å². The lowest BCUT2D eigenvalue weighted by Crippen LogP contribution is -2.51. The Kier molecular flexibility index (Phi) is 6.82. The van der Waals surface area contributed by atoms with Crippen molar-refractivity contribution >= 4 is 34.4 Å². The lowest BCUT2D eigenvalue weighted by atomic mass is 9.74. The Balaban J connectivity index is 1.39. The second-order valence-electron chi connectivity index (χ2n) is 10.5. The van der Waals surface area contributed by atoms with Crippen molar-refractivity contribution in [3.63, 3.8) is 0 Å². The summed E-state index contributed by atoms with van der Waals surface area (Å²) in [7, 11) is 1.85. The van der Waals surface area contributed by atoms with Gasteiger partial charge in [-0.05, 0) is 75.3 Å². The van der Waals surface area contributed by atoms with Crippen LogP contribution in [0.1, 0.15) is 69.7 Å². The van der Waals surface area contributed by atoms with Crippen LogP contribution in [0, 0.1) is 5.92 Å². The average Bonchev–Trinajstić information content (AvgIpc) is 3.49. The van der Waals surface area contributed by atoms with Gasteiger partial charge in [-0.1, -0.05) is 42.6 Å². The average molecular weight is 509 g/mol. The van der Waals surface area contributed by atoms with E-state index < -0.39 is 17.5 Å². The van der Waals surface area contributed by atoms with Gasteiger partial charge in [0.2, 0.25) is 0 Å². The zero-order valence-corrected chi connectivity index (χ0v) is 21.9. The van der Waals surface area contributed by atoms with Gasteiger partial charge >= 0.3 is 5.97 Å². The quantitative estimate of drug-likeness (QED) is 0.282. The molecule has 0 spiro atoms. The fraction of sp³-hybridized carbons (Fsp3) is 0.483. The number of fused-ring (bicyclic) bond motifs is 1. The van der Waals surface area contributed by atoms with Gasteiger partial charge in [-0.25, -0.2) is 4.98 Å². The van der Waals surface area contributed by atoms with E-state index in [1.54, 1.807) is 0 Å². The Morgan fingerprint density at radius 3 is 2.58 bits per heavy atom. The highest BCUT2D eigenvalue weighted by Crippen LogP contribution is 2.46. The molecular weight excluding hydrogens is 476 g/mol. The highest BCUT2D eigenvalue weighted by atomic mass is 35.5. The van der Waals surface area contributed by atoms with Crippen LogP contribution in [0.4, 0.5) is 0 Å². The van der Waals surface area contributed by atoms with Crippen molar-refractivity contribution in [2.24, 2.45) is 13.0 Å². The number of hydrogen-bond acceptors (Lipinski definition) is 5. The smallest absolute Gasteiger partial charge is 0.324 e. The molecule has 0 N–H and O–H groups in total. The first-order valence-electron chi connectivity index (χ1n) is 12.9. The number of Topliss-reactive ketones (excluding diaryl/α,β-unsaturated/α-hetero) is 1. The fourth-order valence-electron chi connectivity index (χ4n) is 5.92. The number of carbonyl (C=O) groups excluding carboxylic acids is 2. The van der Waals surface area contributed by atoms with Crippen LogP contribution in [-0.4, -0.2) is 33.0 Å². The normalized spacial score (nSPS) is 23.0. The number of aromatic nitrogens is 2. The van der Waals surface area contributed by atoms with Gasteiger partial charge in [0.1, 0.15) is 17.2 Å². The lowest BCUT2D eigenvalue weighted by Gasteiger charge is -2.43. The van der Waals surface area contributed by atoms with E-state index in [-0.39, 0.29) is 24.2 Å². The number of ketones is 1. The summed E-state index contributed by atoms with van der Waals surface area (Å²) in [4.78, 5) is 31.7. The van der Waals surface area contributed by atoms with E-state index in [2.05, 4.69) is 4.98 Å². The molecule has 2 atom stereocenters. The number of aryl methyl sites for hydroxylation is 2. The van der Waals surface area contributed by atoms with Crippen molar-refractivity contribution in [2.45, 2.75) is 76.4 Å². The van der Waals surface area contributed by atoms with Crippen LogP contribution >= 0.6 is 11.6 Å². The maximum Gasteiger partial charge on any atom is 0.324 e. The monoisotopic (exact) mass is 508 g/mol. The van der Waals surface area contributed by atoms with E-state index in [0.717, 1.165) is 42.3 Å². The summed E-state index contributed by atoms with van der Waals surface area (Å²) in [6, 6.07) is 13.5. The Morgan fingerprint density at radius 1 is 1.17 bits per heavy atom. The molecule has 190 valence electrons. The maximum atomic E-state index is 13.6. The summed E-state index contributed by atoms with van der Waals surface area (Å²) in [5.74, 6) is -0.264. The van der Waals surface area contributed by atoms with Crippen LogP contribution in [0.3, 0.4) is 0 Å². The standard InChI is InChI=1S/C29H33ClN2O4/c1-18(2)35-25-13-12-19(16-21(25)30)14-15-29(20-8-4-5-9-20)17-24(33)26(28(34)36-29)27-31-22-10-6-7-11-23(22)32(27)3/h6-7,10-13,16,18,20,26H,4-5,8-9,14-15,17H2,1-3H3. The van der Waals surface area contributed by atoms with E-state index in [1.165, 1.54) is 0 Å². The Labute approximate surface area is 216 Å². The van der Waals surface area contributed by atoms with Crippen molar-refractivity contribution in [1.82, 2.24) is 9.55 Å². The van der Waals surface area contributed by atoms with Gasteiger partial charge in [-0.3, -0.25) is 9.59 Å². The molecule has 36 heavy (non-hydrogen) atoms. The van der Waals surface area contributed by atoms with Gasteiger partial charge in [-0.15, -0.1) is 0 Å². The molecule has 2 heterocycles. The molecule has 7 heteroatoms. The van der Waals surface area contributed by atoms with Gasteiger partial charge < -0.3 is 14.0 Å². The predicted octanol–water partition coefficient (Wildman–Crippen LogP) is 6.18. The van der Waals surface area contributed by atoms with Crippen LogP contribution < -0.4 is 4.74 Å². The van der Waals surface area contributed by atoms with Crippen molar-refractivity contribution in [2.75, 3.05) is 0 Å². The number of imidazole rings is 1. The maximum absolute atomic E-state index is 13.6. The number of carbonyl (C=O) groups is 2. The third-order valence-corrected chi connectivity index (χ3v) is 8.01. The van der Waals surface area contributed by atoms with Gasteiger partial charge in [0.15, 0.2) is 11.7 Å². The molecule has 2 unspecified atom stereocenters. The third-order valence-electron chi connectivity index (χ3n) is 7.71.